The molecule has 2 fully saturated rings. The van der Waals surface area contributed by atoms with Gasteiger partial charge in [-0.05, 0) is 76.8 Å². The third-order valence-electron chi connectivity index (χ3n) is 9.06. The third-order valence-corrected chi connectivity index (χ3v) is 9.59. The molecule has 4 heterocycles. The number of likely N-dealkylation sites (tertiary alicyclic amines) is 1. The molecule has 0 radical (unpaired) electrons. The summed E-state index contributed by atoms with van der Waals surface area (Å²) in [5.74, 6) is -0.450. The number of rotatable bonds is 5. The predicted octanol–water partition coefficient (Wildman–Crippen LogP) is 7.60. The number of aromatic amines is 1. The minimum absolute atomic E-state index is 0.0537. The maximum Gasteiger partial charge on any atom is 0.411 e. The highest BCUT2D eigenvalue weighted by Crippen LogP contribution is 2.43. The van der Waals surface area contributed by atoms with Crippen LogP contribution >= 0.6 is 15.9 Å². The summed E-state index contributed by atoms with van der Waals surface area (Å²) in [5.41, 5.74) is 4.03. The number of aromatic nitrogens is 2. The van der Waals surface area contributed by atoms with Gasteiger partial charge in [-0.15, -0.1) is 0 Å². The fourth-order valence-corrected chi connectivity index (χ4v) is 7.18. The van der Waals surface area contributed by atoms with E-state index in [0.29, 0.717) is 26.2 Å². The Balaban J connectivity index is 1.29. The first kappa shape index (κ1) is 31.1. The molecule has 2 atom stereocenters. The molecule has 1 N–H and O–H groups in total. The van der Waals surface area contributed by atoms with Crippen molar-refractivity contribution in [1.82, 2.24) is 19.8 Å². The predicted molar refractivity (Wildman–Crippen MR) is 182 cm³/mol. The van der Waals surface area contributed by atoms with E-state index in [1.54, 1.807) is 0 Å². The fraction of sp³-hybridized carbons (Fsp3) is 0.417. The van der Waals surface area contributed by atoms with Crippen LogP contribution in [-0.2, 0) is 9.53 Å². The van der Waals surface area contributed by atoms with E-state index in [2.05, 4.69) is 62.8 Å². The molecule has 45 heavy (non-hydrogen) atoms. The number of benzene rings is 2. The number of H-pyrrole nitrogens is 1. The van der Waals surface area contributed by atoms with Crippen LogP contribution in [0, 0.1) is 0 Å². The van der Waals surface area contributed by atoms with Gasteiger partial charge in [0, 0.05) is 59.5 Å². The first-order valence-electron chi connectivity index (χ1n) is 15.8. The van der Waals surface area contributed by atoms with Gasteiger partial charge in [0.2, 0.25) is 5.91 Å². The van der Waals surface area contributed by atoms with E-state index < -0.39 is 17.1 Å². The SMILES string of the molecule is CC(C)(C)OC(=O)N1C(C(C(=O)N2CCN(c3c(-c4ccccc4)cnc4[nH]ccc34)CC2)c2ccc(Br)cc2)CCC1(C)C. The summed E-state index contributed by atoms with van der Waals surface area (Å²) in [7, 11) is 0. The van der Waals surface area contributed by atoms with Gasteiger partial charge in [-0.2, -0.15) is 0 Å². The van der Waals surface area contributed by atoms with Crippen molar-refractivity contribution in [2.75, 3.05) is 31.1 Å². The monoisotopic (exact) mass is 671 g/mol. The van der Waals surface area contributed by atoms with E-state index >= 15 is 0 Å². The molecule has 9 heteroatoms. The van der Waals surface area contributed by atoms with E-state index in [1.165, 1.54) is 0 Å². The van der Waals surface area contributed by atoms with Crippen molar-refractivity contribution in [2.24, 2.45) is 0 Å². The minimum atomic E-state index is -0.635. The molecule has 6 rings (SSSR count). The standard InChI is InChI=1S/C36H42BrN5O3/c1-35(2,3)45-34(44)42-29(15-17-36(42,4)5)30(25-11-13-26(37)14-12-25)33(43)41-21-19-40(20-22-41)31-27-16-18-38-32(27)39-23-28(31)24-9-7-6-8-10-24/h6-14,16,18,23,29-30H,15,17,19-22H2,1-5H3,(H,38,39). The molecule has 8 nitrogen and oxygen atoms in total. The number of carbonyl (C=O) groups excluding carboxylic acids is 2. The number of amides is 2. The number of nitrogens with one attached hydrogen (secondary N) is 1. The molecule has 2 aromatic carbocycles. The molecule has 0 spiro atoms. The van der Waals surface area contributed by atoms with Crippen molar-refractivity contribution >= 4 is 44.7 Å². The highest BCUT2D eigenvalue weighted by atomic mass is 79.9. The average molecular weight is 673 g/mol. The van der Waals surface area contributed by atoms with Gasteiger partial charge in [0.15, 0.2) is 0 Å². The lowest BCUT2D eigenvalue weighted by Gasteiger charge is -2.42. The Hall–Kier alpha value is -3.85. The van der Waals surface area contributed by atoms with Crippen molar-refractivity contribution in [3.05, 3.63) is 83.1 Å². The molecule has 2 unspecified atom stereocenters. The number of ether oxygens (including phenoxy) is 1. The number of piperazine rings is 1. The van der Waals surface area contributed by atoms with Crippen molar-refractivity contribution in [1.29, 1.82) is 0 Å². The van der Waals surface area contributed by atoms with Gasteiger partial charge in [-0.25, -0.2) is 9.78 Å². The molecule has 2 aliphatic heterocycles. The van der Waals surface area contributed by atoms with Crippen LogP contribution in [0.4, 0.5) is 10.5 Å². The maximum absolute atomic E-state index is 14.6. The van der Waals surface area contributed by atoms with Crippen LogP contribution in [0.15, 0.2) is 77.5 Å². The molecule has 0 saturated carbocycles. The zero-order chi connectivity index (χ0) is 31.9. The quantitative estimate of drug-likeness (QED) is 0.236. The Bertz CT molecular complexity index is 1670. The van der Waals surface area contributed by atoms with Crippen LogP contribution in [0.1, 0.15) is 58.9 Å². The van der Waals surface area contributed by atoms with E-state index in [1.807, 2.05) is 85.4 Å². The molecular formula is C36H42BrN5O3. The Morgan fingerprint density at radius 1 is 1.00 bits per heavy atom. The van der Waals surface area contributed by atoms with E-state index in [4.69, 9.17) is 4.74 Å². The van der Waals surface area contributed by atoms with Crippen LogP contribution in [0.5, 0.6) is 0 Å². The second-order valence-electron chi connectivity index (χ2n) is 13.7. The molecule has 2 amide bonds. The van der Waals surface area contributed by atoms with Crippen molar-refractivity contribution in [3.63, 3.8) is 0 Å². The van der Waals surface area contributed by atoms with Gasteiger partial charge in [0.1, 0.15) is 11.2 Å². The molecule has 2 aromatic heterocycles. The topological polar surface area (TPSA) is 81.8 Å². The molecule has 0 bridgehead atoms. The van der Waals surface area contributed by atoms with Crippen LogP contribution in [0.2, 0.25) is 0 Å². The number of fused-ring (bicyclic) bond motifs is 1. The molecule has 2 saturated heterocycles. The van der Waals surface area contributed by atoms with Crippen molar-refractivity contribution in [2.45, 2.75) is 70.6 Å². The van der Waals surface area contributed by atoms with Gasteiger partial charge < -0.3 is 19.5 Å². The van der Waals surface area contributed by atoms with Crippen LogP contribution in [0.3, 0.4) is 0 Å². The lowest BCUT2D eigenvalue weighted by molar-refractivity contribution is -0.134. The maximum atomic E-state index is 14.6. The Kier molecular flexibility index (Phi) is 8.41. The average Bonchev–Trinajstić information content (AvgIpc) is 3.61. The highest BCUT2D eigenvalue weighted by Gasteiger charge is 2.50. The smallest absolute Gasteiger partial charge is 0.411 e. The lowest BCUT2D eigenvalue weighted by Crippen LogP contribution is -2.55. The second kappa shape index (κ2) is 12.2. The number of pyridine rings is 1. The fourth-order valence-electron chi connectivity index (χ4n) is 6.92. The largest absolute Gasteiger partial charge is 0.444 e. The number of halogens is 1. The van der Waals surface area contributed by atoms with Crippen LogP contribution < -0.4 is 4.90 Å². The molecule has 236 valence electrons. The third kappa shape index (κ3) is 6.32. The first-order valence-corrected chi connectivity index (χ1v) is 16.6. The lowest BCUT2D eigenvalue weighted by atomic mass is 9.88. The highest BCUT2D eigenvalue weighted by molar-refractivity contribution is 9.10. The number of hydrogen-bond donors (Lipinski definition) is 1. The summed E-state index contributed by atoms with van der Waals surface area (Å²) in [6, 6.07) is 20.1. The summed E-state index contributed by atoms with van der Waals surface area (Å²) >= 11 is 3.55. The zero-order valence-electron chi connectivity index (χ0n) is 26.7. The Labute approximate surface area is 273 Å². The van der Waals surface area contributed by atoms with Crippen LogP contribution in [0.25, 0.3) is 22.2 Å². The van der Waals surface area contributed by atoms with Gasteiger partial charge in [0.05, 0.1) is 17.6 Å². The molecule has 4 aromatic rings. The second-order valence-corrected chi connectivity index (χ2v) is 14.7. The van der Waals surface area contributed by atoms with E-state index in [9.17, 15) is 9.59 Å². The Morgan fingerprint density at radius 3 is 2.36 bits per heavy atom. The van der Waals surface area contributed by atoms with Crippen LogP contribution in [-0.4, -0.2) is 75.1 Å². The van der Waals surface area contributed by atoms with Gasteiger partial charge >= 0.3 is 6.09 Å². The minimum Gasteiger partial charge on any atom is -0.444 e. The summed E-state index contributed by atoms with van der Waals surface area (Å²) in [5, 5.41) is 1.07. The number of hydrogen-bond acceptors (Lipinski definition) is 5. The molecule has 2 aliphatic rings. The van der Waals surface area contributed by atoms with E-state index in [0.717, 1.165) is 50.7 Å². The van der Waals surface area contributed by atoms with Crippen molar-refractivity contribution < 1.29 is 14.3 Å². The molecule has 0 aliphatic carbocycles. The first-order chi connectivity index (χ1) is 21.4. The van der Waals surface area contributed by atoms with Gasteiger partial charge in [0.25, 0.3) is 0 Å². The number of carbonyl (C=O) groups is 2. The van der Waals surface area contributed by atoms with Crippen molar-refractivity contribution in [3.8, 4) is 11.1 Å². The normalized spacial score (nSPS) is 19.2. The number of nitrogens with zero attached hydrogens (tertiary/aromatic N) is 4. The summed E-state index contributed by atoms with van der Waals surface area (Å²) < 4.78 is 6.85. The zero-order valence-corrected chi connectivity index (χ0v) is 28.3. The van der Waals surface area contributed by atoms with Gasteiger partial charge in [-0.3, -0.25) is 9.69 Å². The molecular weight excluding hydrogens is 630 g/mol. The summed E-state index contributed by atoms with van der Waals surface area (Å²) in [4.78, 5) is 42.5. The summed E-state index contributed by atoms with van der Waals surface area (Å²) in [6.07, 6.45) is 5.02. The van der Waals surface area contributed by atoms with E-state index in [-0.39, 0.29) is 18.0 Å². The Morgan fingerprint density at radius 2 is 1.69 bits per heavy atom. The van der Waals surface area contributed by atoms with Gasteiger partial charge in [-0.1, -0.05) is 58.4 Å². The number of anilines is 1. The summed E-state index contributed by atoms with van der Waals surface area (Å²) in [6.45, 7) is 12.3.